The molecule has 1 aliphatic heterocycles. The van der Waals surface area contributed by atoms with E-state index in [0.717, 1.165) is 25.1 Å². The monoisotopic (exact) mass is 280 g/mol. The molecule has 0 bridgehead atoms. The van der Waals surface area contributed by atoms with Gasteiger partial charge in [-0.1, -0.05) is 0 Å². The van der Waals surface area contributed by atoms with Gasteiger partial charge < -0.3 is 14.6 Å². The number of nitrogens with zero attached hydrogens (tertiary/aromatic N) is 3. The van der Waals surface area contributed by atoms with Crippen LogP contribution in [-0.2, 0) is 16.0 Å². The van der Waals surface area contributed by atoms with Crippen LogP contribution < -0.4 is 5.32 Å². The van der Waals surface area contributed by atoms with Gasteiger partial charge in [-0.25, -0.2) is 0 Å². The zero-order valence-corrected chi connectivity index (χ0v) is 12.6. The summed E-state index contributed by atoms with van der Waals surface area (Å²) in [6.45, 7) is 7.28. The van der Waals surface area contributed by atoms with E-state index in [0.29, 0.717) is 25.6 Å². The van der Waals surface area contributed by atoms with Gasteiger partial charge in [0.05, 0.1) is 0 Å². The van der Waals surface area contributed by atoms with Crippen molar-refractivity contribution in [1.82, 2.24) is 20.1 Å². The van der Waals surface area contributed by atoms with Crippen LogP contribution in [0.15, 0.2) is 6.33 Å². The number of amides is 1. The number of aromatic nitrogens is 3. The van der Waals surface area contributed by atoms with E-state index in [1.165, 1.54) is 0 Å². The summed E-state index contributed by atoms with van der Waals surface area (Å²) in [4.78, 5) is 12.2. The zero-order valence-electron chi connectivity index (χ0n) is 12.6. The van der Waals surface area contributed by atoms with Crippen molar-refractivity contribution >= 4 is 5.91 Å². The molecule has 1 saturated heterocycles. The smallest absolute Gasteiger partial charge is 0.251 e. The Balaban J connectivity index is 1.83. The molecule has 6 nitrogen and oxygen atoms in total. The van der Waals surface area contributed by atoms with E-state index in [1.807, 2.05) is 11.5 Å². The third kappa shape index (κ3) is 3.36. The van der Waals surface area contributed by atoms with Crippen LogP contribution in [0.4, 0.5) is 0 Å². The molecule has 0 radical (unpaired) electrons. The van der Waals surface area contributed by atoms with Crippen molar-refractivity contribution in [2.45, 2.75) is 58.1 Å². The van der Waals surface area contributed by atoms with Crippen molar-refractivity contribution in [1.29, 1.82) is 0 Å². The highest BCUT2D eigenvalue weighted by atomic mass is 16.5. The third-order valence-corrected chi connectivity index (χ3v) is 3.79. The quantitative estimate of drug-likeness (QED) is 0.887. The summed E-state index contributed by atoms with van der Waals surface area (Å²) in [5, 5.41) is 11.0. The van der Waals surface area contributed by atoms with Crippen LogP contribution >= 0.6 is 0 Å². The van der Waals surface area contributed by atoms with Gasteiger partial charge in [0.2, 0.25) is 0 Å². The first-order chi connectivity index (χ1) is 9.53. The van der Waals surface area contributed by atoms with Crippen LogP contribution in [-0.4, -0.2) is 39.4 Å². The maximum Gasteiger partial charge on any atom is 0.251 e. The van der Waals surface area contributed by atoms with Crippen molar-refractivity contribution in [2.75, 3.05) is 13.2 Å². The largest absolute Gasteiger partial charge is 0.365 e. The molecule has 1 N–H and O–H groups in total. The van der Waals surface area contributed by atoms with E-state index < -0.39 is 5.60 Å². The Bertz CT molecular complexity index is 450. The molecular weight excluding hydrogens is 256 g/mol. The van der Waals surface area contributed by atoms with E-state index in [-0.39, 0.29) is 5.91 Å². The first kappa shape index (κ1) is 15.0. The Kier molecular flexibility index (Phi) is 4.75. The average Bonchev–Trinajstić information content (AvgIpc) is 2.88. The van der Waals surface area contributed by atoms with Crippen molar-refractivity contribution in [2.24, 2.45) is 0 Å². The molecular formula is C14H24N4O2. The second-order valence-electron chi connectivity index (χ2n) is 5.79. The van der Waals surface area contributed by atoms with E-state index in [4.69, 9.17) is 4.74 Å². The first-order valence-corrected chi connectivity index (χ1v) is 7.33. The lowest BCUT2D eigenvalue weighted by molar-refractivity contribution is -0.150. The maximum absolute atomic E-state index is 12.2. The minimum atomic E-state index is -0.663. The number of ether oxygens (including phenoxy) is 1. The Morgan fingerprint density at radius 2 is 2.35 bits per heavy atom. The molecule has 6 heteroatoms. The number of nitrogens with one attached hydrogen (secondary N) is 1. The van der Waals surface area contributed by atoms with Crippen LogP contribution in [0.25, 0.3) is 0 Å². The predicted octanol–water partition coefficient (Wildman–Crippen LogP) is 1.48. The number of carbonyl (C=O) groups is 1. The molecule has 0 aromatic carbocycles. The van der Waals surface area contributed by atoms with Crippen LogP contribution in [0.3, 0.4) is 0 Å². The molecule has 112 valence electrons. The third-order valence-electron chi connectivity index (χ3n) is 3.79. The Morgan fingerprint density at radius 3 is 3.00 bits per heavy atom. The highest BCUT2D eigenvalue weighted by molar-refractivity contribution is 5.84. The summed E-state index contributed by atoms with van der Waals surface area (Å²) in [7, 11) is 0. The molecule has 0 unspecified atom stereocenters. The minimum absolute atomic E-state index is 0.0205. The van der Waals surface area contributed by atoms with Gasteiger partial charge >= 0.3 is 0 Å². The summed E-state index contributed by atoms with van der Waals surface area (Å²) in [6, 6.07) is 0.329. The lowest BCUT2D eigenvalue weighted by Gasteiger charge is -2.32. The Hall–Kier alpha value is -1.43. The number of carbonyl (C=O) groups excluding carboxylic acids is 1. The standard InChI is InChI=1S/C14H24N4O2/c1-11(2)18-10-16-17-12(18)6-8-15-13(19)14(3)7-4-5-9-20-14/h10-11H,4-9H2,1-3H3,(H,15,19)/t14-/m0/s1. The normalized spacial score (nSPS) is 23.0. The molecule has 0 saturated carbocycles. The predicted molar refractivity (Wildman–Crippen MR) is 75.3 cm³/mol. The summed E-state index contributed by atoms with van der Waals surface area (Å²) >= 11 is 0. The van der Waals surface area contributed by atoms with Crippen molar-refractivity contribution in [3.63, 3.8) is 0 Å². The number of hydrogen-bond donors (Lipinski definition) is 1. The van der Waals surface area contributed by atoms with Crippen molar-refractivity contribution in [3.8, 4) is 0 Å². The van der Waals surface area contributed by atoms with Gasteiger partial charge in [0.25, 0.3) is 5.91 Å². The van der Waals surface area contributed by atoms with Crippen molar-refractivity contribution < 1.29 is 9.53 Å². The van der Waals surface area contributed by atoms with Crippen LogP contribution in [0, 0.1) is 0 Å². The van der Waals surface area contributed by atoms with Gasteiger partial charge in [-0.2, -0.15) is 0 Å². The molecule has 1 aromatic rings. The van der Waals surface area contributed by atoms with Gasteiger partial charge in [0.1, 0.15) is 17.8 Å². The van der Waals surface area contributed by atoms with Gasteiger partial charge in [0, 0.05) is 25.6 Å². The molecule has 0 spiro atoms. The lowest BCUT2D eigenvalue weighted by Crippen LogP contribution is -2.48. The van der Waals surface area contributed by atoms with Gasteiger partial charge in [-0.05, 0) is 40.0 Å². The second-order valence-corrected chi connectivity index (χ2v) is 5.79. The van der Waals surface area contributed by atoms with Crippen LogP contribution in [0.1, 0.15) is 51.9 Å². The van der Waals surface area contributed by atoms with Gasteiger partial charge in [-0.15, -0.1) is 10.2 Å². The topological polar surface area (TPSA) is 69.0 Å². The van der Waals surface area contributed by atoms with Gasteiger partial charge in [-0.3, -0.25) is 4.79 Å². The SMILES string of the molecule is CC(C)n1cnnc1CCNC(=O)[C@]1(C)CCCCO1. The minimum Gasteiger partial charge on any atom is -0.365 e. The fourth-order valence-corrected chi connectivity index (χ4v) is 2.46. The van der Waals surface area contributed by atoms with Crippen molar-refractivity contribution in [3.05, 3.63) is 12.2 Å². The van der Waals surface area contributed by atoms with Crippen LogP contribution in [0.2, 0.25) is 0 Å². The summed E-state index contributed by atoms with van der Waals surface area (Å²) < 4.78 is 7.65. The first-order valence-electron chi connectivity index (χ1n) is 7.33. The maximum atomic E-state index is 12.2. The zero-order chi connectivity index (χ0) is 14.6. The average molecular weight is 280 g/mol. The second kappa shape index (κ2) is 6.35. The molecule has 1 atom stereocenters. The van der Waals surface area contributed by atoms with E-state index in [2.05, 4.69) is 29.4 Å². The Morgan fingerprint density at radius 1 is 1.55 bits per heavy atom. The number of rotatable bonds is 5. The molecule has 1 amide bonds. The highest BCUT2D eigenvalue weighted by Crippen LogP contribution is 2.24. The molecule has 0 aliphatic carbocycles. The fraction of sp³-hybridized carbons (Fsp3) is 0.786. The molecule has 1 fully saturated rings. The molecule has 1 aliphatic rings. The lowest BCUT2D eigenvalue weighted by atomic mass is 9.95. The van der Waals surface area contributed by atoms with E-state index >= 15 is 0 Å². The van der Waals surface area contributed by atoms with E-state index in [1.54, 1.807) is 6.33 Å². The highest BCUT2D eigenvalue weighted by Gasteiger charge is 2.35. The van der Waals surface area contributed by atoms with Crippen LogP contribution in [0.5, 0.6) is 0 Å². The summed E-state index contributed by atoms with van der Waals surface area (Å²) in [5.74, 6) is 0.878. The fourth-order valence-electron chi connectivity index (χ4n) is 2.46. The molecule has 20 heavy (non-hydrogen) atoms. The van der Waals surface area contributed by atoms with Gasteiger partial charge in [0.15, 0.2) is 0 Å². The molecule has 2 heterocycles. The molecule has 1 aromatic heterocycles. The van der Waals surface area contributed by atoms with E-state index in [9.17, 15) is 4.79 Å². The summed E-state index contributed by atoms with van der Waals surface area (Å²) in [6.07, 6.45) is 5.29. The summed E-state index contributed by atoms with van der Waals surface area (Å²) in [5.41, 5.74) is -0.663. The number of hydrogen-bond acceptors (Lipinski definition) is 4. The molecule has 2 rings (SSSR count). The Labute approximate surface area is 119 Å².